The summed E-state index contributed by atoms with van der Waals surface area (Å²) in [5, 5.41) is 5.87. The number of hydrogen-bond donors (Lipinski definition) is 1. The maximum absolute atomic E-state index is 14.8. The molecule has 0 bridgehead atoms. The molecule has 188 valence electrons. The van der Waals surface area contributed by atoms with Crippen LogP contribution in [0, 0.1) is 12.7 Å². The van der Waals surface area contributed by atoms with Crippen molar-refractivity contribution in [3.05, 3.63) is 53.8 Å². The van der Waals surface area contributed by atoms with Crippen LogP contribution in [0.15, 0.2) is 30.9 Å². The normalized spacial score (nSPS) is 20.7. The number of halogens is 4. The van der Waals surface area contributed by atoms with Crippen LogP contribution in [-0.4, -0.2) is 44.4 Å². The van der Waals surface area contributed by atoms with Gasteiger partial charge in [0.15, 0.2) is 27.2 Å². The zero-order chi connectivity index (χ0) is 25.8. The van der Waals surface area contributed by atoms with E-state index in [4.69, 9.17) is 0 Å². The van der Waals surface area contributed by atoms with Gasteiger partial charge in [0.05, 0.1) is 23.3 Å². The summed E-state index contributed by atoms with van der Waals surface area (Å²) in [5.41, 5.74) is -0.718. The highest BCUT2D eigenvalue weighted by molar-refractivity contribution is 7.92. The third kappa shape index (κ3) is 4.42. The number of anilines is 1. The van der Waals surface area contributed by atoms with E-state index in [1.807, 2.05) is 0 Å². The van der Waals surface area contributed by atoms with Gasteiger partial charge in [0.1, 0.15) is 17.1 Å². The number of carbonyl (C=O) groups is 1. The molecule has 0 saturated carbocycles. The molecule has 0 spiro atoms. The maximum atomic E-state index is 14.8. The Morgan fingerprint density at radius 2 is 1.97 bits per heavy atom. The molecule has 1 amide bonds. The second-order valence-electron chi connectivity index (χ2n) is 8.63. The van der Waals surface area contributed by atoms with Crippen LogP contribution in [-0.2, 0) is 25.6 Å². The number of aryl methyl sites for hydroxylation is 1. The molecule has 2 unspecified atom stereocenters. The predicted molar refractivity (Wildman–Crippen MR) is 117 cm³/mol. The van der Waals surface area contributed by atoms with Crippen LogP contribution in [0.3, 0.4) is 0 Å². The number of amides is 1. The Balaban J connectivity index is 1.52. The van der Waals surface area contributed by atoms with Gasteiger partial charge in [-0.15, -0.1) is 0 Å². The lowest BCUT2D eigenvalue weighted by Gasteiger charge is -2.19. The molecule has 35 heavy (non-hydrogen) atoms. The summed E-state index contributed by atoms with van der Waals surface area (Å²) in [4.78, 5) is 20.7. The van der Waals surface area contributed by atoms with E-state index in [1.54, 1.807) is 6.92 Å². The Morgan fingerprint density at radius 3 is 2.54 bits per heavy atom. The summed E-state index contributed by atoms with van der Waals surface area (Å²) in [6.45, 7) is 4.33. The number of alkyl halides is 3. The molecule has 1 fully saturated rings. The van der Waals surface area contributed by atoms with Crippen molar-refractivity contribution in [2.75, 3.05) is 11.1 Å². The van der Waals surface area contributed by atoms with Gasteiger partial charge in [-0.1, -0.05) is 0 Å². The topological polar surface area (TPSA) is 112 Å². The molecule has 1 aliphatic rings. The van der Waals surface area contributed by atoms with E-state index < -0.39 is 44.2 Å². The van der Waals surface area contributed by atoms with Gasteiger partial charge in [-0.2, -0.15) is 18.3 Å². The monoisotopic (exact) mass is 514 g/mol. The van der Waals surface area contributed by atoms with Crippen molar-refractivity contribution in [2.45, 2.75) is 50.6 Å². The fraction of sp³-hybridized carbons (Fsp3) is 0.429. The average Bonchev–Trinajstić information content (AvgIpc) is 3.46. The van der Waals surface area contributed by atoms with Crippen molar-refractivity contribution in [1.29, 1.82) is 0 Å². The summed E-state index contributed by atoms with van der Waals surface area (Å²) in [7, 11) is -3.39. The Labute approximate surface area is 198 Å². The predicted octanol–water partition coefficient (Wildman–Crippen LogP) is 3.55. The molecule has 3 aromatic heterocycles. The lowest BCUT2D eigenvalue weighted by Crippen LogP contribution is -2.28. The van der Waals surface area contributed by atoms with Crippen molar-refractivity contribution in [3.8, 4) is 5.82 Å². The van der Waals surface area contributed by atoms with Crippen molar-refractivity contribution >= 4 is 21.4 Å². The first-order chi connectivity index (χ1) is 16.2. The summed E-state index contributed by atoms with van der Waals surface area (Å²) >= 11 is 0. The van der Waals surface area contributed by atoms with Crippen molar-refractivity contribution in [3.63, 3.8) is 0 Å². The van der Waals surface area contributed by atoms with Gasteiger partial charge in [0.2, 0.25) is 5.91 Å². The number of pyridine rings is 1. The van der Waals surface area contributed by atoms with Crippen LogP contribution < -0.4 is 5.32 Å². The van der Waals surface area contributed by atoms with E-state index in [9.17, 15) is 30.8 Å². The largest absolute Gasteiger partial charge is 0.435 e. The first kappa shape index (κ1) is 24.8. The standard InChI is InChI=1S/C21H22F4N6O3S/c1-12-7-16(21(23,24)25)29-31(12)13(2)19(32)28-14-8-15(22)18(26-9-14)30-10-17(27-11-30)20(3)5-4-6-35(20,33)34/h7-11,13H,4-6H2,1-3H3,(H,28,32). The van der Waals surface area contributed by atoms with Crippen LogP contribution in [0.2, 0.25) is 0 Å². The third-order valence-electron chi connectivity index (χ3n) is 6.17. The Hall–Kier alpha value is -3.29. The van der Waals surface area contributed by atoms with Crippen LogP contribution in [0.4, 0.5) is 23.2 Å². The number of nitrogens with zero attached hydrogens (tertiary/aromatic N) is 5. The molecule has 1 saturated heterocycles. The van der Waals surface area contributed by atoms with E-state index >= 15 is 0 Å². The quantitative estimate of drug-likeness (QED) is 0.522. The molecule has 2 atom stereocenters. The SMILES string of the molecule is Cc1cc(C(F)(F)F)nn1C(C)C(=O)Nc1cnc(-n2cnc(C3(C)CCCS3(=O)=O)c2)c(F)c1. The van der Waals surface area contributed by atoms with E-state index in [-0.39, 0.29) is 28.6 Å². The molecular weight excluding hydrogens is 492 g/mol. The number of hydrogen-bond acceptors (Lipinski definition) is 6. The molecule has 1 N–H and O–H groups in total. The van der Waals surface area contributed by atoms with E-state index in [2.05, 4.69) is 20.4 Å². The molecule has 4 rings (SSSR count). The van der Waals surface area contributed by atoms with Crippen molar-refractivity contribution in [2.24, 2.45) is 0 Å². The second kappa shape index (κ2) is 8.43. The lowest BCUT2D eigenvalue weighted by atomic mass is 10.0. The van der Waals surface area contributed by atoms with Gasteiger partial charge in [-0.25, -0.2) is 22.8 Å². The van der Waals surface area contributed by atoms with Gasteiger partial charge < -0.3 is 5.32 Å². The maximum Gasteiger partial charge on any atom is 0.435 e. The van der Waals surface area contributed by atoms with Crippen LogP contribution in [0.5, 0.6) is 0 Å². The highest BCUT2D eigenvalue weighted by Crippen LogP contribution is 2.40. The molecule has 0 aliphatic carbocycles. The second-order valence-corrected chi connectivity index (χ2v) is 11.2. The van der Waals surface area contributed by atoms with Gasteiger partial charge >= 0.3 is 6.18 Å². The van der Waals surface area contributed by atoms with Crippen molar-refractivity contribution < 1.29 is 30.8 Å². The number of rotatable bonds is 5. The number of carbonyl (C=O) groups excluding carboxylic acids is 1. The zero-order valence-corrected chi connectivity index (χ0v) is 19.8. The average molecular weight is 515 g/mol. The lowest BCUT2D eigenvalue weighted by molar-refractivity contribution is -0.141. The van der Waals surface area contributed by atoms with Gasteiger partial charge in [0, 0.05) is 18.0 Å². The first-order valence-electron chi connectivity index (χ1n) is 10.6. The number of imidazole rings is 1. The number of sulfone groups is 1. The minimum atomic E-state index is -4.65. The molecular formula is C21H22F4N6O3S. The van der Waals surface area contributed by atoms with Crippen molar-refractivity contribution in [1.82, 2.24) is 24.3 Å². The number of aromatic nitrogens is 5. The molecule has 9 nitrogen and oxygen atoms in total. The van der Waals surface area contributed by atoms with Gasteiger partial charge in [0.25, 0.3) is 0 Å². The Morgan fingerprint density at radius 1 is 1.26 bits per heavy atom. The van der Waals surface area contributed by atoms with E-state index in [1.165, 1.54) is 37.1 Å². The minimum Gasteiger partial charge on any atom is -0.323 e. The summed E-state index contributed by atoms with van der Waals surface area (Å²) in [6, 6.07) is 0.716. The number of nitrogens with one attached hydrogen (secondary N) is 1. The van der Waals surface area contributed by atoms with Gasteiger partial charge in [-0.3, -0.25) is 14.0 Å². The summed E-state index contributed by atoms with van der Waals surface area (Å²) in [5.74, 6) is -1.64. The Kier molecular flexibility index (Phi) is 5.98. The molecule has 0 radical (unpaired) electrons. The fourth-order valence-corrected chi connectivity index (χ4v) is 5.90. The smallest absolute Gasteiger partial charge is 0.323 e. The fourth-order valence-electron chi connectivity index (χ4n) is 4.04. The molecule has 3 aromatic rings. The molecule has 0 aromatic carbocycles. The highest BCUT2D eigenvalue weighted by Gasteiger charge is 2.46. The van der Waals surface area contributed by atoms with Crippen LogP contribution in [0.25, 0.3) is 5.82 Å². The van der Waals surface area contributed by atoms with Gasteiger partial charge in [-0.05, 0) is 39.7 Å². The molecule has 1 aliphatic heterocycles. The summed E-state index contributed by atoms with van der Waals surface area (Å²) in [6.07, 6.45) is 0.119. The molecule has 4 heterocycles. The Bertz CT molecular complexity index is 1400. The first-order valence-corrected chi connectivity index (χ1v) is 12.2. The highest BCUT2D eigenvalue weighted by atomic mass is 32.2. The zero-order valence-electron chi connectivity index (χ0n) is 19.0. The minimum absolute atomic E-state index is 0.0189. The van der Waals surface area contributed by atoms with E-state index in [0.29, 0.717) is 12.8 Å². The third-order valence-corrected chi connectivity index (χ3v) is 8.78. The van der Waals surface area contributed by atoms with Crippen LogP contribution >= 0.6 is 0 Å². The van der Waals surface area contributed by atoms with E-state index in [0.717, 1.165) is 16.8 Å². The van der Waals surface area contributed by atoms with Crippen LogP contribution in [0.1, 0.15) is 49.8 Å². The molecule has 14 heteroatoms. The summed E-state index contributed by atoms with van der Waals surface area (Å²) < 4.78 is 79.4.